The second kappa shape index (κ2) is 30.3. The predicted molar refractivity (Wildman–Crippen MR) is 252 cm³/mol. The van der Waals surface area contributed by atoms with Crippen molar-refractivity contribution >= 4 is 89.9 Å². The number of nitriles is 2. The third-order valence-electron chi connectivity index (χ3n) is 8.35. The summed E-state index contributed by atoms with van der Waals surface area (Å²) >= 11 is 13.7. The van der Waals surface area contributed by atoms with E-state index in [1.807, 2.05) is 52.8 Å². The number of nitrogens with two attached hydrogens (primary N) is 2. The van der Waals surface area contributed by atoms with Crippen molar-refractivity contribution in [2.75, 3.05) is 24.3 Å². The topological polar surface area (TPSA) is 221 Å². The fraction of sp³-hybridized carbons (Fsp3) is 0.289. The van der Waals surface area contributed by atoms with E-state index in [0.29, 0.717) is 74.4 Å². The number of nitrogen functional groups attached to an aromatic ring is 1. The number of aromatic nitrogens is 2. The van der Waals surface area contributed by atoms with Crippen LogP contribution in [0.15, 0.2) is 60.4 Å². The van der Waals surface area contributed by atoms with Crippen molar-refractivity contribution in [2.24, 2.45) is 5.73 Å². The van der Waals surface area contributed by atoms with Gasteiger partial charge in [0.2, 0.25) is 5.78 Å². The fourth-order valence-corrected chi connectivity index (χ4v) is 6.36. The number of aromatic amines is 1. The summed E-state index contributed by atoms with van der Waals surface area (Å²) in [5, 5.41) is 27.1. The van der Waals surface area contributed by atoms with E-state index in [9.17, 15) is 28.3 Å². The predicted octanol–water partition coefficient (Wildman–Crippen LogP) is 6.72. The molecule has 19 heteroatoms. The molecule has 0 saturated heterocycles. The summed E-state index contributed by atoms with van der Waals surface area (Å²) in [5.74, 6) is -0.847. The first-order valence-corrected chi connectivity index (χ1v) is 21.7. The number of fused-ring (bicyclic) bond motifs is 1. The van der Waals surface area contributed by atoms with Crippen LogP contribution in [0.5, 0.6) is 11.5 Å². The number of Topliss-reactive ketones (excluding diaryl/α,β-unsaturated/α-hetero) is 2. The first kappa shape index (κ1) is 59.1. The maximum absolute atomic E-state index is 13.6. The van der Waals surface area contributed by atoms with Crippen LogP contribution in [0, 0.1) is 66.6 Å². The SMILES string of the molecule is CC(=O)/C(C)=C\[O-].CCOc1ccc(F)cc1C(=O)CBr.CCOc1ccc(F)cc1C(=O)c1sc2nc(C)c(C)cc2c1N.Cc1cc(C#N)c(=S)[nH]c1C.N#CCCC(N)=S.[Na+]. The summed E-state index contributed by atoms with van der Waals surface area (Å²) in [5.41, 5.74) is 16.9. The first-order chi connectivity index (χ1) is 29.7. The first-order valence-electron chi connectivity index (χ1n) is 18.9. The number of rotatable bonds is 11. The number of carbonyl (C=O) groups is 3. The molecule has 0 aliphatic heterocycles. The van der Waals surface area contributed by atoms with Crippen LogP contribution in [0.25, 0.3) is 10.2 Å². The minimum absolute atomic E-state index is 0. The Balaban J connectivity index is 0.000000849. The number of ether oxygens (including phenoxy) is 2. The minimum atomic E-state index is -0.494. The molecule has 3 heterocycles. The summed E-state index contributed by atoms with van der Waals surface area (Å²) in [6, 6.07) is 15.5. The minimum Gasteiger partial charge on any atom is -0.878 e. The molecule has 2 aromatic carbocycles. The monoisotopic (exact) mass is 1000 g/mol. The van der Waals surface area contributed by atoms with E-state index < -0.39 is 11.6 Å². The average molecular weight is 1010 g/mol. The number of halogens is 3. The maximum atomic E-state index is 13.6. The number of nitrogens with one attached hydrogen (secondary N) is 1. The number of carbonyl (C=O) groups excluding carboxylic acids is 3. The van der Waals surface area contributed by atoms with Gasteiger partial charge < -0.3 is 31.0 Å². The van der Waals surface area contributed by atoms with Crippen LogP contribution < -0.4 is 55.6 Å². The number of pyridine rings is 2. The number of nitrogens with zero attached hydrogens (tertiary/aromatic N) is 3. The Hall–Kier alpha value is -4.92. The summed E-state index contributed by atoms with van der Waals surface area (Å²) in [6.45, 7) is 15.0. The van der Waals surface area contributed by atoms with E-state index in [4.69, 9.17) is 43.7 Å². The average Bonchev–Trinajstić information content (AvgIpc) is 3.56. The Kier molecular flexibility index (Phi) is 27.9. The van der Waals surface area contributed by atoms with Gasteiger partial charge in [0.15, 0.2) is 11.6 Å². The van der Waals surface area contributed by atoms with Crippen molar-refractivity contribution in [3.8, 4) is 23.6 Å². The molecular weight excluding hydrogens is 958 g/mol. The molecule has 5 aromatic rings. The number of hydrogen-bond donors (Lipinski definition) is 3. The third-order valence-corrected chi connectivity index (χ3v) is 10.5. The Morgan fingerprint density at radius 2 is 1.50 bits per heavy atom. The molecule has 0 spiro atoms. The molecule has 0 unspecified atom stereocenters. The normalized spacial score (nSPS) is 9.92. The number of allylic oxidation sites excluding steroid dienone is 1. The summed E-state index contributed by atoms with van der Waals surface area (Å²) in [6.07, 6.45) is 1.55. The van der Waals surface area contributed by atoms with E-state index in [-0.39, 0.29) is 68.9 Å². The van der Waals surface area contributed by atoms with Crippen molar-refractivity contribution in [1.29, 1.82) is 10.5 Å². The van der Waals surface area contributed by atoms with Gasteiger partial charge in [0.1, 0.15) is 43.6 Å². The number of hydrogen-bond acceptors (Lipinski definition) is 13. The number of anilines is 1. The molecule has 0 atom stereocenters. The standard InChI is InChI=1S/C18H17FN2O2S.C10H10BrFO2.C8H8N2S.C5H8O2.C4H6N2S.Na/c1-4-23-14-6-5-11(19)8-12(14)16(22)17-15(20)13-7-9(2)10(3)21-18(13)24-17;1-2-14-10-4-3-7(12)5-8(10)9(13)6-11;1-5-3-7(4-9)8(11)10-6(5)2;1-4(3-6)5(2)7;5-3-1-2-4(6)7;/h5-8H,4,20H2,1-3H3;3-5H,2,6H2,1H3;3H,1-2H3,(H,10,11);3,6H,1-2H3;1-2H2,(H2,6,7);/q;;;;;+1/p-1/b;;;4-3-;;. The van der Waals surface area contributed by atoms with E-state index in [2.05, 4.69) is 38.1 Å². The number of ketones is 3. The number of benzene rings is 2. The Bertz CT molecular complexity index is 2610. The van der Waals surface area contributed by atoms with Crippen molar-refractivity contribution in [2.45, 2.75) is 68.2 Å². The second-order valence-electron chi connectivity index (χ2n) is 13.0. The smallest absolute Gasteiger partial charge is 0.878 e. The molecule has 0 aliphatic rings. The van der Waals surface area contributed by atoms with Crippen LogP contribution in [0.4, 0.5) is 14.5 Å². The number of alkyl halides is 1. The van der Waals surface area contributed by atoms with E-state index >= 15 is 0 Å². The molecule has 0 fully saturated rings. The zero-order valence-corrected chi connectivity index (χ0v) is 43.1. The van der Waals surface area contributed by atoms with Gasteiger partial charge >= 0.3 is 29.6 Å². The van der Waals surface area contributed by atoms with E-state index in [1.54, 1.807) is 13.0 Å². The molecule has 0 saturated carbocycles. The molecule has 5 N–H and O–H groups in total. The van der Waals surface area contributed by atoms with Crippen LogP contribution in [0.3, 0.4) is 0 Å². The van der Waals surface area contributed by atoms with Gasteiger partial charge in [-0.25, -0.2) is 13.8 Å². The largest absolute Gasteiger partial charge is 1.00 e. The zero-order chi connectivity index (χ0) is 48.0. The van der Waals surface area contributed by atoms with Crippen LogP contribution in [-0.4, -0.2) is 50.9 Å². The van der Waals surface area contributed by atoms with E-state index in [0.717, 1.165) is 27.9 Å². The van der Waals surface area contributed by atoms with Gasteiger partial charge in [0.25, 0.3) is 0 Å². The quantitative estimate of drug-likeness (QED) is 0.0313. The maximum Gasteiger partial charge on any atom is 1.00 e. The summed E-state index contributed by atoms with van der Waals surface area (Å²) < 4.78 is 37.7. The van der Waals surface area contributed by atoms with Crippen molar-refractivity contribution < 1.29 is 67.3 Å². The van der Waals surface area contributed by atoms with Crippen LogP contribution in [0.2, 0.25) is 0 Å². The molecule has 0 aliphatic carbocycles. The molecular formula is C45H48BrF2N6NaO6S3. The summed E-state index contributed by atoms with van der Waals surface area (Å²) in [7, 11) is 0. The van der Waals surface area contributed by atoms with Gasteiger partial charge in [-0.3, -0.25) is 14.4 Å². The van der Waals surface area contributed by atoms with Crippen LogP contribution in [0.1, 0.15) is 94.2 Å². The Labute approximate surface area is 417 Å². The van der Waals surface area contributed by atoms with Crippen molar-refractivity contribution in [3.05, 3.63) is 121 Å². The zero-order valence-electron chi connectivity index (χ0n) is 37.0. The molecule has 334 valence electrons. The molecule has 12 nitrogen and oxygen atoms in total. The molecule has 64 heavy (non-hydrogen) atoms. The van der Waals surface area contributed by atoms with Gasteiger partial charge in [-0.1, -0.05) is 40.4 Å². The van der Waals surface area contributed by atoms with Crippen molar-refractivity contribution in [3.63, 3.8) is 0 Å². The van der Waals surface area contributed by atoms with Gasteiger partial charge in [-0.2, -0.15) is 10.5 Å². The fourth-order valence-electron chi connectivity index (χ4n) is 4.63. The van der Waals surface area contributed by atoms with Gasteiger partial charge in [-0.15, -0.1) is 17.6 Å². The summed E-state index contributed by atoms with van der Waals surface area (Å²) in [4.78, 5) is 43.3. The number of aryl methyl sites for hydroxylation is 4. The number of thiocarbonyl (C=S) groups is 1. The van der Waals surface area contributed by atoms with Gasteiger partial charge in [0.05, 0.1) is 52.0 Å². The van der Waals surface area contributed by atoms with Crippen molar-refractivity contribution in [1.82, 2.24) is 9.97 Å². The van der Waals surface area contributed by atoms with E-state index in [1.165, 1.54) is 61.6 Å². The third kappa shape index (κ3) is 19.0. The molecule has 5 rings (SSSR count). The molecule has 3 aromatic heterocycles. The molecule has 0 bridgehead atoms. The van der Waals surface area contributed by atoms with Crippen LogP contribution in [-0.2, 0) is 4.79 Å². The van der Waals surface area contributed by atoms with Gasteiger partial charge in [0, 0.05) is 29.6 Å². The number of H-pyrrole nitrogens is 1. The second-order valence-corrected chi connectivity index (χ2v) is 15.5. The Morgan fingerprint density at radius 1 is 0.953 bits per heavy atom. The molecule has 0 radical (unpaired) electrons. The molecule has 0 amide bonds. The van der Waals surface area contributed by atoms with Gasteiger partial charge in [-0.05, 0) is 121 Å². The Morgan fingerprint density at radius 3 is 1.94 bits per heavy atom. The number of thiophene rings is 1. The van der Waals surface area contributed by atoms with Crippen LogP contribution >= 0.6 is 51.7 Å².